The van der Waals surface area contributed by atoms with Crippen LogP contribution in [0.5, 0.6) is 0 Å². The number of benzene rings is 2. The zero-order valence-corrected chi connectivity index (χ0v) is 25.3. The van der Waals surface area contributed by atoms with Gasteiger partial charge in [0.15, 0.2) is 0 Å². The first-order valence-electron chi connectivity index (χ1n) is 13.9. The number of halogens is 3. The van der Waals surface area contributed by atoms with Crippen molar-refractivity contribution in [3.8, 4) is 6.07 Å². The molecule has 3 heterocycles. The number of aromatic nitrogens is 1. The molecule has 2 fully saturated rings. The zero-order valence-electron chi connectivity index (χ0n) is 23.0. The predicted octanol–water partition coefficient (Wildman–Crippen LogP) is 6.19. The number of rotatable bonds is 7. The molecular formula is C31H33Cl3N6O. The summed E-state index contributed by atoms with van der Waals surface area (Å²) in [5, 5.41) is 13.3. The van der Waals surface area contributed by atoms with Crippen LogP contribution in [0.2, 0.25) is 15.1 Å². The molecule has 0 aliphatic carbocycles. The van der Waals surface area contributed by atoms with Gasteiger partial charge in [-0.2, -0.15) is 5.26 Å². The molecule has 1 aromatic heterocycles. The predicted molar refractivity (Wildman–Crippen MR) is 165 cm³/mol. The van der Waals surface area contributed by atoms with Gasteiger partial charge in [-0.05, 0) is 61.2 Å². The zero-order chi connectivity index (χ0) is 28.9. The Labute approximate surface area is 256 Å². The number of hydrogen-bond donors (Lipinski definition) is 1. The summed E-state index contributed by atoms with van der Waals surface area (Å²) < 4.78 is 0. The summed E-state index contributed by atoms with van der Waals surface area (Å²) in [6.45, 7) is 8.31. The van der Waals surface area contributed by atoms with Gasteiger partial charge in [0.05, 0.1) is 32.3 Å². The van der Waals surface area contributed by atoms with Crippen LogP contribution in [0.1, 0.15) is 52.9 Å². The molecule has 2 saturated heterocycles. The van der Waals surface area contributed by atoms with Gasteiger partial charge in [0.2, 0.25) is 0 Å². The normalized spacial score (nSPS) is 17.7. The first kappa shape index (κ1) is 29.6. The molecule has 2 aromatic carbocycles. The largest absolute Gasteiger partial charge is 0.353 e. The fourth-order valence-electron chi connectivity index (χ4n) is 5.71. The van der Waals surface area contributed by atoms with Crippen LogP contribution in [-0.4, -0.2) is 66.0 Å². The lowest BCUT2D eigenvalue weighted by Crippen LogP contribution is -2.53. The van der Waals surface area contributed by atoms with E-state index in [0.717, 1.165) is 63.5 Å². The first-order chi connectivity index (χ1) is 19.8. The van der Waals surface area contributed by atoms with Gasteiger partial charge in [-0.25, -0.2) is 4.98 Å². The van der Waals surface area contributed by atoms with Crippen molar-refractivity contribution in [1.82, 2.24) is 20.1 Å². The number of nitriles is 1. The van der Waals surface area contributed by atoms with E-state index in [0.29, 0.717) is 44.8 Å². The van der Waals surface area contributed by atoms with E-state index in [4.69, 9.17) is 40.1 Å². The molecule has 0 radical (unpaired) electrons. The monoisotopic (exact) mass is 610 g/mol. The first-order valence-corrected chi connectivity index (χ1v) is 15.1. The quantitative estimate of drug-likeness (QED) is 0.343. The summed E-state index contributed by atoms with van der Waals surface area (Å²) in [5.74, 6) is 0.472. The lowest BCUT2D eigenvalue weighted by Gasteiger charge is -2.44. The number of carbonyl (C=O) groups is 1. The lowest BCUT2D eigenvalue weighted by molar-refractivity contribution is 0.0839. The molecule has 0 bridgehead atoms. The Morgan fingerprint density at radius 1 is 0.976 bits per heavy atom. The molecule has 10 heteroatoms. The van der Waals surface area contributed by atoms with Crippen molar-refractivity contribution in [2.45, 2.75) is 38.4 Å². The number of hydrogen-bond acceptors (Lipinski definition) is 6. The number of likely N-dealkylation sites (tertiary alicyclic amines) is 1. The molecule has 1 unspecified atom stereocenters. The van der Waals surface area contributed by atoms with E-state index in [9.17, 15) is 4.79 Å². The van der Waals surface area contributed by atoms with Crippen molar-refractivity contribution >= 4 is 46.5 Å². The van der Waals surface area contributed by atoms with Gasteiger partial charge in [-0.15, -0.1) is 0 Å². The van der Waals surface area contributed by atoms with Gasteiger partial charge >= 0.3 is 0 Å². The number of piperidine rings is 1. The van der Waals surface area contributed by atoms with Crippen LogP contribution in [0.25, 0.3) is 0 Å². The van der Waals surface area contributed by atoms with Gasteiger partial charge in [0.25, 0.3) is 5.91 Å². The number of piperazine rings is 1. The lowest BCUT2D eigenvalue weighted by atomic mass is 9.98. The Bertz CT molecular complexity index is 1410. The highest BCUT2D eigenvalue weighted by molar-refractivity contribution is 6.42. The second-order valence-corrected chi connectivity index (χ2v) is 11.9. The molecule has 214 valence electrons. The number of nitrogens with one attached hydrogen (secondary N) is 1. The van der Waals surface area contributed by atoms with Crippen LogP contribution >= 0.6 is 34.8 Å². The Hall–Kier alpha value is -2.86. The van der Waals surface area contributed by atoms with Crippen molar-refractivity contribution in [3.63, 3.8) is 0 Å². The third-order valence-corrected chi connectivity index (χ3v) is 9.24. The number of amides is 1. The Kier molecular flexibility index (Phi) is 9.69. The standard InChI is InChI=1S/C31H33Cl3N6O/c1-21(24-5-2-22(18-35)3-6-24)38-10-8-26(9-11-38)39-12-14-40(15-13-39)30-29(34)17-25(20-36-30)31(41)37-19-23-4-7-27(32)28(33)16-23/h2-7,16-17,20-21,26H,8-15,19H2,1H3,(H,37,41). The van der Waals surface area contributed by atoms with Crippen LogP contribution in [-0.2, 0) is 6.54 Å². The average molecular weight is 612 g/mol. The maximum Gasteiger partial charge on any atom is 0.253 e. The van der Waals surface area contributed by atoms with Gasteiger partial charge in [0, 0.05) is 64.1 Å². The van der Waals surface area contributed by atoms with E-state index < -0.39 is 0 Å². The molecular weight excluding hydrogens is 579 g/mol. The molecule has 2 aliphatic rings. The van der Waals surface area contributed by atoms with Crippen LogP contribution in [0, 0.1) is 11.3 Å². The van der Waals surface area contributed by atoms with Gasteiger partial charge < -0.3 is 10.2 Å². The second kappa shape index (κ2) is 13.4. The fourth-order valence-corrected chi connectivity index (χ4v) is 6.31. The third-order valence-electron chi connectivity index (χ3n) is 8.22. The van der Waals surface area contributed by atoms with Crippen LogP contribution < -0.4 is 10.2 Å². The molecule has 1 atom stereocenters. The molecule has 7 nitrogen and oxygen atoms in total. The van der Waals surface area contributed by atoms with Gasteiger partial charge in [-0.1, -0.05) is 53.0 Å². The van der Waals surface area contributed by atoms with E-state index in [1.165, 1.54) is 5.56 Å². The summed E-state index contributed by atoms with van der Waals surface area (Å²) in [4.78, 5) is 24.6. The Morgan fingerprint density at radius 3 is 2.32 bits per heavy atom. The topological polar surface area (TPSA) is 75.5 Å². The van der Waals surface area contributed by atoms with Crippen LogP contribution in [0.4, 0.5) is 5.82 Å². The molecule has 3 aromatic rings. The van der Waals surface area contributed by atoms with E-state index in [-0.39, 0.29) is 5.91 Å². The van der Waals surface area contributed by atoms with Crippen molar-refractivity contribution < 1.29 is 4.79 Å². The molecule has 0 spiro atoms. The summed E-state index contributed by atoms with van der Waals surface area (Å²) in [6, 6.07) is 18.0. The molecule has 41 heavy (non-hydrogen) atoms. The molecule has 0 saturated carbocycles. The van der Waals surface area contributed by atoms with E-state index in [2.05, 4.69) is 50.1 Å². The Balaban J connectivity index is 1.09. The average Bonchev–Trinajstić information content (AvgIpc) is 3.01. The second-order valence-electron chi connectivity index (χ2n) is 10.7. The number of anilines is 1. The van der Waals surface area contributed by atoms with Crippen LogP contribution in [0.3, 0.4) is 0 Å². The Morgan fingerprint density at radius 2 is 1.68 bits per heavy atom. The number of nitrogens with zero attached hydrogens (tertiary/aromatic N) is 5. The maximum absolute atomic E-state index is 12.7. The molecule has 2 aliphatic heterocycles. The van der Waals surface area contributed by atoms with Gasteiger partial charge in [-0.3, -0.25) is 14.6 Å². The summed E-state index contributed by atoms with van der Waals surface area (Å²) in [5.41, 5.74) is 3.23. The minimum atomic E-state index is -0.248. The minimum absolute atomic E-state index is 0.248. The van der Waals surface area contributed by atoms with Crippen molar-refractivity contribution in [2.24, 2.45) is 0 Å². The molecule has 1 N–H and O–H groups in total. The highest BCUT2D eigenvalue weighted by atomic mass is 35.5. The SMILES string of the molecule is CC(c1ccc(C#N)cc1)N1CCC(N2CCN(c3ncc(C(=O)NCc4ccc(Cl)c(Cl)c4)cc3Cl)CC2)CC1. The van der Waals surface area contributed by atoms with E-state index >= 15 is 0 Å². The summed E-state index contributed by atoms with van der Waals surface area (Å²) >= 11 is 18.6. The van der Waals surface area contributed by atoms with E-state index in [1.54, 1.807) is 24.4 Å². The smallest absolute Gasteiger partial charge is 0.253 e. The fraction of sp³-hybridized carbons (Fsp3) is 0.387. The molecule has 5 rings (SSSR count). The summed E-state index contributed by atoms with van der Waals surface area (Å²) in [6.07, 6.45) is 3.87. The highest BCUT2D eigenvalue weighted by Gasteiger charge is 2.30. The van der Waals surface area contributed by atoms with Crippen molar-refractivity contribution in [3.05, 3.63) is 92.0 Å². The summed E-state index contributed by atoms with van der Waals surface area (Å²) in [7, 11) is 0. The maximum atomic E-state index is 12.7. The van der Waals surface area contributed by atoms with Gasteiger partial charge in [0.1, 0.15) is 5.82 Å². The third kappa shape index (κ3) is 7.14. The molecule has 1 amide bonds. The van der Waals surface area contributed by atoms with Crippen molar-refractivity contribution in [1.29, 1.82) is 5.26 Å². The van der Waals surface area contributed by atoms with Crippen LogP contribution in [0.15, 0.2) is 54.7 Å². The highest BCUT2D eigenvalue weighted by Crippen LogP contribution is 2.29. The number of carbonyl (C=O) groups excluding carboxylic acids is 1. The minimum Gasteiger partial charge on any atom is -0.353 e. The van der Waals surface area contributed by atoms with Crippen molar-refractivity contribution in [2.75, 3.05) is 44.2 Å². The van der Waals surface area contributed by atoms with E-state index in [1.807, 2.05) is 18.2 Å². The number of pyridine rings is 1.